The van der Waals surface area contributed by atoms with Crippen LogP contribution in [0.2, 0.25) is 18.6 Å². The van der Waals surface area contributed by atoms with E-state index in [0.717, 1.165) is 24.9 Å². The standard InChI is InChI=1S/C38H46FN5O7Si/c1-25-35(52(2,3)39)33(21-34(46)42(17-18-45)23-26-9-5-4-6-10-26)51-38(25)31-20-30(44(49)50)14-15-32(31)43(37(38)48)24-27-11-7-13-29(19-27)41-36(47)28-12-8-16-40-22-28/h4-7,9-11,13-15,19-20,25,28,33,35,40,45H,8,12,16-18,21-24H2,1-3H3,(H,41,47)/t25-,28?,33+,35-,38+/m0/s1. The normalized spacial score (nSPS) is 24.2. The van der Waals surface area contributed by atoms with E-state index in [4.69, 9.17) is 4.74 Å². The Balaban J connectivity index is 1.32. The van der Waals surface area contributed by atoms with Crippen LogP contribution in [0.4, 0.5) is 21.2 Å². The van der Waals surface area contributed by atoms with E-state index in [1.165, 1.54) is 41.1 Å². The summed E-state index contributed by atoms with van der Waals surface area (Å²) in [4.78, 5) is 56.1. The van der Waals surface area contributed by atoms with Crippen LogP contribution in [0.3, 0.4) is 0 Å². The molecule has 0 aliphatic carbocycles. The number of rotatable bonds is 12. The number of hydrogen-bond donors (Lipinski definition) is 3. The van der Waals surface area contributed by atoms with Crippen LogP contribution in [-0.2, 0) is 37.8 Å². The molecule has 0 saturated carbocycles. The molecule has 1 unspecified atom stereocenters. The van der Waals surface area contributed by atoms with Crippen LogP contribution >= 0.6 is 0 Å². The van der Waals surface area contributed by atoms with Gasteiger partial charge in [0.25, 0.3) is 11.6 Å². The summed E-state index contributed by atoms with van der Waals surface area (Å²) in [5, 5.41) is 28.0. The summed E-state index contributed by atoms with van der Waals surface area (Å²) in [6.07, 6.45) is 0.471. The summed E-state index contributed by atoms with van der Waals surface area (Å²) in [7, 11) is -3.65. The Kier molecular flexibility index (Phi) is 10.9. The molecule has 2 saturated heterocycles. The van der Waals surface area contributed by atoms with E-state index >= 15 is 4.11 Å². The van der Waals surface area contributed by atoms with Crippen LogP contribution < -0.4 is 15.5 Å². The molecule has 3 aromatic carbocycles. The van der Waals surface area contributed by atoms with Gasteiger partial charge < -0.3 is 34.4 Å². The molecule has 6 rings (SSSR count). The summed E-state index contributed by atoms with van der Waals surface area (Å²) < 4.78 is 23.1. The summed E-state index contributed by atoms with van der Waals surface area (Å²) in [5.74, 6) is -1.86. The third-order valence-corrected chi connectivity index (χ3v) is 13.1. The number of amides is 3. The number of benzene rings is 3. The molecule has 14 heteroatoms. The number of fused-ring (bicyclic) bond motifs is 2. The second-order valence-corrected chi connectivity index (χ2v) is 18.4. The van der Waals surface area contributed by atoms with E-state index < -0.39 is 42.4 Å². The van der Waals surface area contributed by atoms with E-state index in [0.29, 0.717) is 23.5 Å². The molecule has 0 radical (unpaired) electrons. The fourth-order valence-corrected chi connectivity index (χ4v) is 10.8. The zero-order valence-electron chi connectivity index (χ0n) is 29.7. The van der Waals surface area contributed by atoms with Crippen molar-refractivity contribution in [1.29, 1.82) is 0 Å². The van der Waals surface area contributed by atoms with Crippen LogP contribution in [0.5, 0.6) is 0 Å². The van der Waals surface area contributed by atoms with Gasteiger partial charge >= 0.3 is 0 Å². The number of hydrogen-bond acceptors (Lipinski definition) is 8. The third kappa shape index (κ3) is 7.38. The van der Waals surface area contributed by atoms with Crippen LogP contribution in [0.25, 0.3) is 0 Å². The van der Waals surface area contributed by atoms with Crippen LogP contribution in [-0.4, -0.2) is 73.4 Å². The summed E-state index contributed by atoms with van der Waals surface area (Å²) in [6.45, 7) is 6.35. The predicted octanol–water partition coefficient (Wildman–Crippen LogP) is 5.27. The summed E-state index contributed by atoms with van der Waals surface area (Å²) >= 11 is 0. The van der Waals surface area contributed by atoms with Crippen molar-refractivity contribution in [2.24, 2.45) is 11.8 Å². The highest BCUT2D eigenvalue weighted by Crippen LogP contribution is 2.60. The molecule has 3 heterocycles. The van der Waals surface area contributed by atoms with Gasteiger partial charge in [-0.1, -0.05) is 49.4 Å². The van der Waals surface area contributed by atoms with Crippen molar-refractivity contribution >= 4 is 43.2 Å². The predicted molar refractivity (Wildman–Crippen MR) is 197 cm³/mol. The minimum atomic E-state index is -3.65. The molecule has 3 aromatic rings. The highest BCUT2D eigenvalue weighted by Gasteiger charge is 2.67. The number of aliphatic hydroxyl groups excluding tert-OH is 1. The molecule has 3 amide bonds. The Morgan fingerprint density at radius 2 is 1.88 bits per heavy atom. The lowest BCUT2D eigenvalue weighted by molar-refractivity contribution is -0.385. The zero-order valence-corrected chi connectivity index (χ0v) is 30.7. The topological polar surface area (TPSA) is 154 Å². The monoisotopic (exact) mass is 731 g/mol. The number of ether oxygens (including phenoxy) is 1. The van der Waals surface area contributed by atoms with Gasteiger partial charge in [0.2, 0.25) is 20.2 Å². The molecule has 3 aliphatic rings. The van der Waals surface area contributed by atoms with Gasteiger partial charge in [0.05, 0.1) is 42.2 Å². The first-order valence-electron chi connectivity index (χ1n) is 17.8. The number of anilines is 2. The molecule has 12 nitrogen and oxygen atoms in total. The molecular weight excluding hydrogens is 686 g/mol. The first kappa shape index (κ1) is 37.3. The summed E-state index contributed by atoms with van der Waals surface area (Å²) in [5.41, 5.74) is -0.0316. The molecule has 276 valence electrons. The van der Waals surface area contributed by atoms with Crippen molar-refractivity contribution in [1.82, 2.24) is 10.2 Å². The van der Waals surface area contributed by atoms with Gasteiger partial charge in [0.1, 0.15) is 0 Å². The average molecular weight is 732 g/mol. The van der Waals surface area contributed by atoms with E-state index in [1.54, 1.807) is 25.1 Å². The number of nitrogens with one attached hydrogen (secondary N) is 2. The van der Waals surface area contributed by atoms with Gasteiger partial charge in [0.15, 0.2) is 5.60 Å². The van der Waals surface area contributed by atoms with E-state index in [1.807, 2.05) is 36.4 Å². The number of nitro benzene ring substituents is 1. The minimum Gasteiger partial charge on any atom is -0.395 e. The smallest absolute Gasteiger partial charge is 0.269 e. The van der Waals surface area contributed by atoms with Gasteiger partial charge in [-0.3, -0.25) is 24.5 Å². The lowest BCUT2D eigenvalue weighted by Crippen LogP contribution is -2.45. The Bertz CT molecular complexity index is 1820. The van der Waals surface area contributed by atoms with E-state index in [-0.39, 0.29) is 61.6 Å². The molecule has 3 N–H and O–H groups in total. The Morgan fingerprint density at radius 1 is 1.13 bits per heavy atom. The van der Waals surface area contributed by atoms with Crippen molar-refractivity contribution in [3.05, 3.63) is 99.6 Å². The maximum absolute atomic E-state index is 16.4. The lowest BCUT2D eigenvalue weighted by atomic mass is 9.82. The highest BCUT2D eigenvalue weighted by atomic mass is 28.4. The fraction of sp³-hybridized carbons (Fsp3) is 0.447. The van der Waals surface area contributed by atoms with Gasteiger partial charge in [-0.15, -0.1) is 0 Å². The third-order valence-electron chi connectivity index (χ3n) is 10.7. The number of carbonyl (C=O) groups is 3. The van der Waals surface area contributed by atoms with Crippen LogP contribution in [0, 0.1) is 22.0 Å². The second kappa shape index (κ2) is 15.2. The SMILES string of the molecule is C[C@H]1[C@H]([Si](C)(C)F)[C@@H](CC(=O)N(CCO)Cc2ccccc2)O[C@]12C(=O)N(Cc1cccc(NC(=O)C3CCCNC3)c1)c1ccc([N+](=O)[O-])cc12. The van der Waals surface area contributed by atoms with Gasteiger partial charge in [-0.05, 0) is 61.8 Å². The van der Waals surface area contributed by atoms with Crippen molar-refractivity contribution in [2.45, 2.75) is 69.6 Å². The zero-order chi connectivity index (χ0) is 37.2. The Labute approximate surface area is 303 Å². The second-order valence-electron chi connectivity index (χ2n) is 14.6. The highest BCUT2D eigenvalue weighted by molar-refractivity contribution is 6.72. The fourth-order valence-electron chi connectivity index (χ4n) is 8.27. The number of nitro groups is 1. The Hall–Kier alpha value is -4.50. The summed E-state index contributed by atoms with van der Waals surface area (Å²) in [6, 6.07) is 20.7. The molecule has 0 aromatic heterocycles. The molecular formula is C38H46FN5O7Si. The molecule has 3 aliphatic heterocycles. The molecule has 1 spiro atoms. The first-order chi connectivity index (χ1) is 24.8. The van der Waals surface area contributed by atoms with Crippen molar-refractivity contribution in [2.75, 3.05) is 36.5 Å². The van der Waals surface area contributed by atoms with Crippen LogP contribution in [0.1, 0.15) is 42.9 Å². The molecule has 0 bridgehead atoms. The minimum absolute atomic E-state index is 0.0566. The average Bonchev–Trinajstić information content (AvgIpc) is 3.54. The van der Waals surface area contributed by atoms with Crippen LogP contribution in [0.15, 0.2) is 72.8 Å². The number of halogens is 1. The van der Waals surface area contributed by atoms with Gasteiger partial charge in [-0.2, -0.15) is 0 Å². The number of carbonyl (C=O) groups excluding carboxylic acids is 3. The molecule has 2 fully saturated rings. The van der Waals surface area contributed by atoms with Crippen molar-refractivity contribution in [3.63, 3.8) is 0 Å². The van der Waals surface area contributed by atoms with Crippen molar-refractivity contribution < 1.29 is 33.3 Å². The first-order valence-corrected chi connectivity index (χ1v) is 20.8. The maximum atomic E-state index is 16.4. The number of nitrogens with zero attached hydrogens (tertiary/aromatic N) is 3. The van der Waals surface area contributed by atoms with Gasteiger partial charge in [-0.25, -0.2) is 0 Å². The number of aliphatic hydroxyl groups is 1. The molecule has 52 heavy (non-hydrogen) atoms. The number of piperidine rings is 1. The Morgan fingerprint density at radius 3 is 2.56 bits per heavy atom. The largest absolute Gasteiger partial charge is 0.395 e. The van der Waals surface area contributed by atoms with Crippen molar-refractivity contribution in [3.8, 4) is 0 Å². The maximum Gasteiger partial charge on any atom is 0.269 e. The molecule has 5 atom stereocenters. The lowest BCUT2D eigenvalue weighted by Gasteiger charge is -2.31. The quantitative estimate of drug-likeness (QED) is 0.0987. The van der Waals surface area contributed by atoms with E-state index in [2.05, 4.69) is 10.6 Å². The van der Waals surface area contributed by atoms with E-state index in [9.17, 15) is 29.6 Å². The number of non-ortho nitro benzene ring substituents is 1. The van der Waals surface area contributed by atoms with Gasteiger partial charge in [0, 0.05) is 54.5 Å².